The quantitative estimate of drug-likeness (QED) is 0.596. The van der Waals surface area contributed by atoms with Gasteiger partial charge < -0.3 is 19.5 Å². The summed E-state index contributed by atoms with van der Waals surface area (Å²) in [7, 11) is 0. The molecule has 1 N–H and O–H groups in total. The van der Waals surface area contributed by atoms with Crippen LogP contribution in [0.2, 0.25) is 0 Å². The maximum absolute atomic E-state index is 14.2. The number of fused-ring (bicyclic) bond motifs is 1. The number of halogens is 3. The molecule has 0 amide bonds. The van der Waals surface area contributed by atoms with Gasteiger partial charge in [0.1, 0.15) is 17.3 Å². The Bertz CT molecular complexity index is 1030. The van der Waals surface area contributed by atoms with Gasteiger partial charge in [-0.2, -0.15) is 13.2 Å². The van der Waals surface area contributed by atoms with Crippen molar-refractivity contribution in [1.82, 2.24) is 9.55 Å². The zero-order valence-electron chi connectivity index (χ0n) is 19.4. The van der Waals surface area contributed by atoms with Gasteiger partial charge in [0, 0.05) is 31.2 Å². The molecule has 3 heterocycles. The average molecular weight is 467 g/mol. The molecule has 1 atom stereocenters. The molecule has 0 radical (unpaired) electrons. The number of hydrogen-bond acceptors (Lipinski definition) is 5. The molecule has 2 fully saturated rings. The van der Waals surface area contributed by atoms with E-state index in [1.54, 1.807) is 0 Å². The van der Waals surface area contributed by atoms with E-state index in [0.29, 0.717) is 32.1 Å². The van der Waals surface area contributed by atoms with Crippen molar-refractivity contribution in [3.63, 3.8) is 0 Å². The van der Waals surface area contributed by atoms with E-state index in [1.165, 1.54) is 6.07 Å². The van der Waals surface area contributed by atoms with E-state index < -0.39 is 17.2 Å². The topological polar surface area (TPSA) is 59.4 Å². The molecule has 1 saturated heterocycles. The average Bonchev–Trinajstić information content (AvgIpc) is 3.30. The van der Waals surface area contributed by atoms with Gasteiger partial charge >= 0.3 is 6.18 Å². The third-order valence-corrected chi connectivity index (χ3v) is 6.79. The van der Waals surface area contributed by atoms with E-state index in [1.807, 2.05) is 16.4 Å². The minimum atomic E-state index is -4.66. The lowest BCUT2D eigenvalue weighted by Gasteiger charge is -2.31. The number of nitrogens with one attached hydrogen (secondary N) is 1. The van der Waals surface area contributed by atoms with Gasteiger partial charge in [0.05, 0.1) is 24.2 Å². The first-order valence-electron chi connectivity index (χ1n) is 12.1. The molecular weight excluding hydrogens is 433 g/mol. The van der Waals surface area contributed by atoms with E-state index in [2.05, 4.69) is 12.2 Å². The van der Waals surface area contributed by atoms with Crippen LogP contribution in [0.1, 0.15) is 70.4 Å². The van der Waals surface area contributed by atoms with Crippen LogP contribution in [0, 0.1) is 0 Å². The van der Waals surface area contributed by atoms with Crippen LogP contribution in [-0.2, 0) is 10.9 Å². The number of aromatic nitrogens is 2. The van der Waals surface area contributed by atoms with Crippen molar-refractivity contribution in [3.05, 3.63) is 27.9 Å². The highest BCUT2D eigenvalue weighted by Gasteiger charge is 2.36. The number of hydrogen-bond donors (Lipinski definition) is 1. The van der Waals surface area contributed by atoms with Gasteiger partial charge in [0.15, 0.2) is 5.43 Å². The van der Waals surface area contributed by atoms with Gasteiger partial charge in [-0.25, -0.2) is 4.98 Å². The number of ether oxygens (including phenoxy) is 1. The number of pyridine rings is 2. The molecule has 1 aliphatic carbocycles. The van der Waals surface area contributed by atoms with Crippen LogP contribution in [0.4, 0.5) is 24.8 Å². The third kappa shape index (κ3) is 4.98. The van der Waals surface area contributed by atoms with Crippen LogP contribution in [-0.4, -0.2) is 41.9 Å². The largest absolute Gasteiger partial charge is 0.417 e. The summed E-state index contributed by atoms with van der Waals surface area (Å²) in [5, 5.41) is 3.14. The van der Waals surface area contributed by atoms with E-state index in [0.717, 1.165) is 51.0 Å². The molecule has 1 aliphatic heterocycles. The number of anilines is 2. The van der Waals surface area contributed by atoms with Crippen molar-refractivity contribution < 1.29 is 17.9 Å². The van der Waals surface area contributed by atoms with Crippen LogP contribution in [0.3, 0.4) is 0 Å². The van der Waals surface area contributed by atoms with Crippen LogP contribution in [0.25, 0.3) is 11.0 Å². The maximum Gasteiger partial charge on any atom is 0.417 e. The molecule has 0 bridgehead atoms. The molecule has 1 saturated carbocycles. The summed E-state index contributed by atoms with van der Waals surface area (Å²) in [4.78, 5) is 19.6. The van der Waals surface area contributed by atoms with E-state index in [9.17, 15) is 18.0 Å². The fraction of sp³-hybridized carbons (Fsp3) is 0.667. The summed E-state index contributed by atoms with van der Waals surface area (Å²) in [6, 6.07) is 2.54. The Kier molecular flexibility index (Phi) is 7.16. The van der Waals surface area contributed by atoms with E-state index >= 15 is 0 Å². The number of rotatable bonds is 7. The van der Waals surface area contributed by atoms with Crippen molar-refractivity contribution in [3.8, 4) is 0 Å². The standard InChI is InChI=1S/C24H33F3N4O2/c1-3-7-17(4-2)31-21(28-16-8-5-6-9-16)15-19(32)22-18(24(25,26)27)14-20(29-23(22)31)30-10-12-33-13-11-30/h14-17,28H,3-13H2,1-2H3. The molecule has 0 aromatic carbocycles. The lowest BCUT2D eigenvalue weighted by Crippen LogP contribution is -2.37. The van der Waals surface area contributed by atoms with Crippen molar-refractivity contribution in [2.75, 3.05) is 36.5 Å². The first-order chi connectivity index (χ1) is 15.8. The zero-order chi connectivity index (χ0) is 23.6. The van der Waals surface area contributed by atoms with Gasteiger partial charge in [-0.3, -0.25) is 4.79 Å². The highest BCUT2D eigenvalue weighted by atomic mass is 19.4. The Balaban J connectivity index is 1.99. The summed E-state index contributed by atoms with van der Waals surface area (Å²) >= 11 is 0. The SMILES string of the molecule is CCCC(CC)n1c(NC2CCCC2)cc(=O)c2c(C(F)(F)F)cc(N3CCOCC3)nc21. The molecule has 1 unspecified atom stereocenters. The minimum absolute atomic E-state index is 0.0597. The molecule has 2 aromatic heterocycles. The molecule has 2 aromatic rings. The first-order valence-corrected chi connectivity index (χ1v) is 12.1. The minimum Gasteiger partial charge on any atom is -0.378 e. The van der Waals surface area contributed by atoms with Crippen LogP contribution in [0.15, 0.2) is 16.9 Å². The van der Waals surface area contributed by atoms with Gasteiger partial charge in [-0.05, 0) is 31.7 Å². The Labute approximate surface area is 192 Å². The predicted molar refractivity (Wildman–Crippen MR) is 124 cm³/mol. The Morgan fingerprint density at radius 1 is 1.18 bits per heavy atom. The highest BCUT2D eigenvalue weighted by Crippen LogP contribution is 2.38. The molecular formula is C24H33F3N4O2. The second kappa shape index (κ2) is 9.91. The number of morpholine rings is 1. The Morgan fingerprint density at radius 2 is 1.88 bits per heavy atom. The first kappa shape index (κ1) is 23.9. The molecule has 182 valence electrons. The van der Waals surface area contributed by atoms with Gasteiger partial charge in [0.25, 0.3) is 0 Å². The fourth-order valence-corrected chi connectivity index (χ4v) is 5.10. The van der Waals surface area contributed by atoms with E-state index in [4.69, 9.17) is 9.72 Å². The van der Waals surface area contributed by atoms with Crippen molar-refractivity contribution in [2.24, 2.45) is 0 Å². The van der Waals surface area contributed by atoms with Gasteiger partial charge in [-0.15, -0.1) is 0 Å². The van der Waals surface area contributed by atoms with Crippen LogP contribution < -0.4 is 15.6 Å². The second-order valence-corrected chi connectivity index (χ2v) is 9.06. The van der Waals surface area contributed by atoms with Crippen LogP contribution in [0.5, 0.6) is 0 Å². The zero-order valence-corrected chi connectivity index (χ0v) is 19.4. The molecule has 0 spiro atoms. The molecule has 9 heteroatoms. The summed E-state index contributed by atoms with van der Waals surface area (Å²) in [6.45, 7) is 5.89. The number of alkyl halides is 3. The van der Waals surface area contributed by atoms with Crippen molar-refractivity contribution in [2.45, 2.75) is 77.1 Å². The molecule has 4 rings (SSSR count). The fourth-order valence-electron chi connectivity index (χ4n) is 5.10. The van der Waals surface area contributed by atoms with Gasteiger partial charge in [0.2, 0.25) is 0 Å². The lowest BCUT2D eigenvalue weighted by atomic mass is 10.1. The normalized spacial score (nSPS) is 18.8. The predicted octanol–water partition coefficient (Wildman–Crippen LogP) is 5.36. The van der Waals surface area contributed by atoms with E-state index in [-0.39, 0.29) is 28.9 Å². The summed E-state index contributed by atoms with van der Waals surface area (Å²) in [6.07, 6.45) is 1.95. The Morgan fingerprint density at radius 3 is 2.48 bits per heavy atom. The summed E-state index contributed by atoms with van der Waals surface area (Å²) in [5.41, 5.74) is -1.42. The van der Waals surface area contributed by atoms with Crippen molar-refractivity contribution in [1.29, 1.82) is 0 Å². The summed E-state index contributed by atoms with van der Waals surface area (Å²) in [5.74, 6) is 0.829. The van der Waals surface area contributed by atoms with Crippen LogP contribution >= 0.6 is 0 Å². The second-order valence-electron chi connectivity index (χ2n) is 9.06. The van der Waals surface area contributed by atoms with Gasteiger partial charge in [-0.1, -0.05) is 33.1 Å². The Hall–Kier alpha value is -2.29. The molecule has 6 nitrogen and oxygen atoms in total. The lowest BCUT2D eigenvalue weighted by molar-refractivity contribution is -0.136. The summed E-state index contributed by atoms with van der Waals surface area (Å²) < 4.78 is 49.8. The third-order valence-electron chi connectivity index (χ3n) is 6.79. The smallest absolute Gasteiger partial charge is 0.378 e. The highest BCUT2D eigenvalue weighted by molar-refractivity contribution is 5.84. The maximum atomic E-state index is 14.2. The molecule has 33 heavy (non-hydrogen) atoms. The monoisotopic (exact) mass is 466 g/mol. The van der Waals surface area contributed by atoms with Crippen molar-refractivity contribution >= 4 is 22.7 Å². The molecule has 2 aliphatic rings. The number of nitrogens with zero attached hydrogens (tertiary/aromatic N) is 3.